The molecule has 0 aliphatic heterocycles. The second-order valence-corrected chi connectivity index (χ2v) is 8.17. The van der Waals surface area contributed by atoms with Gasteiger partial charge in [-0.05, 0) is 37.1 Å². The highest BCUT2D eigenvalue weighted by Gasteiger charge is 2.35. The maximum Gasteiger partial charge on any atom is 0.369 e. The molecule has 1 rings (SSSR count). The highest BCUT2D eigenvalue weighted by Crippen LogP contribution is 2.13. The van der Waals surface area contributed by atoms with Crippen LogP contribution in [-0.4, -0.2) is 21.8 Å². The van der Waals surface area contributed by atoms with Crippen LogP contribution in [0.5, 0.6) is 0 Å². The van der Waals surface area contributed by atoms with Crippen molar-refractivity contribution < 1.29 is 8.85 Å². The van der Waals surface area contributed by atoms with Crippen molar-refractivity contribution in [1.29, 1.82) is 0 Å². The van der Waals surface area contributed by atoms with Crippen LogP contribution in [-0.2, 0) is 8.85 Å². The maximum absolute atomic E-state index is 6.20. The van der Waals surface area contributed by atoms with Gasteiger partial charge >= 0.3 is 8.56 Å². The topological polar surface area (TPSA) is 18.5 Å². The Morgan fingerprint density at radius 1 is 0.947 bits per heavy atom. The van der Waals surface area contributed by atoms with Gasteiger partial charge in [-0.15, -0.1) is 0 Å². The fourth-order valence-electron chi connectivity index (χ4n) is 2.10. The van der Waals surface area contributed by atoms with Gasteiger partial charge in [0, 0.05) is 13.2 Å². The van der Waals surface area contributed by atoms with Crippen molar-refractivity contribution in [3.63, 3.8) is 0 Å². The average Bonchev–Trinajstić information content (AvgIpc) is 2.40. The van der Waals surface area contributed by atoms with Gasteiger partial charge in [0.25, 0.3) is 0 Å². The zero-order valence-electron chi connectivity index (χ0n) is 12.9. The van der Waals surface area contributed by atoms with E-state index in [1.165, 1.54) is 10.8 Å². The first-order valence-corrected chi connectivity index (χ1v) is 9.79. The minimum Gasteiger partial charge on any atom is -0.391 e. The highest BCUT2D eigenvalue weighted by atomic mass is 28.4. The Morgan fingerprint density at radius 3 is 1.95 bits per heavy atom. The molecule has 0 amide bonds. The van der Waals surface area contributed by atoms with E-state index >= 15 is 0 Å². The second-order valence-electron chi connectivity index (χ2n) is 5.16. The lowest BCUT2D eigenvalue weighted by Crippen LogP contribution is -2.52. The molecule has 0 aliphatic rings. The molecular weight excluding hydrogens is 252 g/mol. The van der Waals surface area contributed by atoms with Crippen LogP contribution in [0.1, 0.15) is 45.1 Å². The quantitative estimate of drug-likeness (QED) is 0.504. The predicted octanol–water partition coefficient (Wildman–Crippen LogP) is 3.91. The molecule has 1 aromatic rings. The van der Waals surface area contributed by atoms with Crippen LogP contribution in [0.25, 0.3) is 0 Å². The molecule has 0 heterocycles. The fourth-order valence-corrected chi connectivity index (χ4v) is 4.76. The van der Waals surface area contributed by atoms with Crippen LogP contribution < -0.4 is 5.19 Å². The van der Waals surface area contributed by atoms with Gasteiger partial charge in [-0.3, -0.25) is 0 Å². The first kappa shape index (κ1) is 16.4. The second kappa shape index (κ2) is 8.51. The lowest BCUT2D eigenvalue weighted by molar-refractivity contribution is 0.180. The molecule has 0 atom stereocenters. The number of aryl methyl sites for hydroxylation is 1. The van der Waals surface area contributed by atoms with Crippen LogP contribution in [0.2, 0.25) is 6.55 Å². The standard InChI is InChI=1S/C16H28O2Si/c1-5-7-13-17-19(4,18-14-8-6-2)16-12-10-9-11-15(16)3/h9-12H,5-8,13-14H2,1-4H3. The SMILES string of the molecule is CCCCO[Si](C)(OCCCC)c1ccccc1C. The van der Waals surface area contributed by atoms with Crippen molar-refractivity contribution in [2.75, 3.05) is 13.2 Å². The van der Waals surface area contributed by atoms with Crippen LogP contribution in [0.15, 0.2) is 24.3 Å². The van der Waals surface area contributed by atoms with Gasteiger partial charge in [0.2, 0.25) is 0 Å². The van der Waals surface area contributed by atoms with Crippen molar-refractivity contribution in [3.8, 4) is 0 Å². The number of hydrogen-bond donors (Lipinski definition) is 0. The van der Waals surface area contributed by atoms with Gasteiger partial charge in [0.05, 0.1) is 0 Å². The van der Waals surface area contributed by atoms with E-state index < -0.39 is 8.56 Å². The Balaban J connectivity index is 2.81. The third-order valence-electron chi connectivity index (χ3n) is 3.39. The molecule has 19 heavy (non-hydrogen) atoms. The van der Waals surface area contributed by atoms with Crippen molar-refractivity contribution >= 4 is 13.7 Å². The molecule has 0 saturated carbocycles. The Labute approximate surface area is 119 Å². The van der Waals surface area contributed by atoms with Crippen molar-refractivity contribution in [2.24, 2.45) is 0 Å². The summed E-state index contributed by atoms with van der Waals surface area (Å²) in [6.45, 7) is 10.3. The smallest absolute Gasteiger partial charge is 0.369 e. The predicted molar refractivity (Wildman–Crippen MR) is 84.2 cm³/mol. The van der Waals surface area contributed by atoms with Crippen LogP contribution >= 0.6 is 0 Å². The summed E-state index contributed by atoms with van der Waals surface area (Å²) in [6.07, 6.45) is 4.53. The monoisotopic (exact) mass is 280 g/mol. The lowest BCUT2D eigenvalue weighted by atomic mass is 10.2. The molecule has 3 heteroatoms. The van der Waals surface area contributed by atoms with E-state index in [2.05, 4.69) is 51.6 Å². The molecule has 0 fully saturated rings. The summed E-state index contributed by atoms with van der Waals surface area (Å²) in [4.78, 5) is 0. The van der Waals surface area contributed by atoms with E-state index in [1.807, 2.05) is 0 Å². The van der Waals surface area contributed by atoms with Crippen molar-refractivity contribution in [3.05, 3.63) is 29.8 Å². The van der Waals surface area contributed by atoms with E-state index in [4.69, 9.17) is 8.85 Å². The molecule has 0 spiro atoms. The summed E-state index contributed by atoms with van der Waals surface area (Å²) < 4.78 is 12.4. The van der Waals surface area contributed by atoms with E-state index in [1.54, 1.807) is 0 Å². The third-order valence-corrected chi connectivity index (χ3v) is 6.43. The van der Waals surface area contributed by atoms with E-state index in [0.717, 1.165) is 38.9 Å². The summed E-state index contributed by atoms with van der Waals surface area (Å²) in [6, 6.07) is 8.47. The number of rotatable bonds is 9. The molecule has 1 aromatic carbocycles. The molecule has 2 nitrogen and oxygen atoms in total. The first-order valence-electron chi connectivity index (χ1n) is 7.48. The van der Waals surface area contributed by atoms with E-state index in [-0.39, 0.29) is 0 Å². The molecule has 0 aliphatic carbocycles. The molecular formula is C16H28O2Si. The van der Waals surface area contributed by atoms with Gasteiger partial charge < -0.3 is 8.85 Å². The molecule has 0 aromatic heterocycles. The number of benzene rings is 1. The summed E-state index contributed by atoms with van der Waals surface area (Å²) in [7, 11) is -2.24. The van der Waals surface area contributed by atoms with Crippen molar-refractivity contribution in [1.82, 2.24) is 0 Å². The number of unbranched alkanes of at least 4 members (excludes halogenated alkanes) is 2. The highest BCUT2D eigenvalue weighted by molar-refractivity contribution is 6.80. The first-order chi connectivity index (χ1) is 9.14. The van der Waals surface area contributed by atoms with Gasteiger partial charge in [-0.1, -0.05) is 51.0 Å². The third kappa shape index (κ3) is 5.09. The van der Waals surface area contributed by atoms with E-state index in [0.29, 0.717) is 0 Å². The largest absolute Gasteiger partial charge is 0.391 e. The Kier molecular flexibility index (Phi) is 7.35. The average molecular weight is 280 g/mol. The van der Waals surface area contributed by atoms with Gasteiger partial charge in [-0.25, -0.2) is 0 Å². The molecule has 108 valence electrons. The molecule has 0 radical (unpaired) electrons. The number of hydrogen-bond acceptors (Lipinski definition) is 2. The normalized spacial score (nSPS) is 11.8. The molecule has 0 saturated heterocycles. The Morgan fingerprint density at radius 2 is 1.47 bits per heavy atom. The van der Waals surface area contributed by atoms with Crippen LogP contribution in [0.3, 0.4) is 0 Å². The minimum atomic E-state index is -2.24. The lowest BCUT2D eigenvalue weighted by Gasteiger charge is -2.28. The molecule has 0 unspecified atom stereocenters. The fraction of sp³-hybridized carbons (Fsp3) is 0.625. The van der Waals surface area contributed by atoms with Crippen LogP contribution in [0.4, 0.5) is 0 Å². The van der Waals surface area contributed by atoms with E-state index in [9.17, 15) is 0 Å². The Hall–Kier alpha value is -0.643. The van der Waals surface area contributed by atoms with Gasteiger partial charge in [0.15, 0.2) is 0 Å². The zero-order valence-corrected chi connectivity index (χ0v) is 13.9. The van der Waals surface area contributed by atoms with Gasteiger partial charge in [-0.2, -0.15) is 0 Å². The molecule has 0 bridgehead atoms. The van der Waals surface area contributed by atoms with Gasteiger partial charge in [0.1, 0.15) is 0 Å². The summed E-state index contributed by atoms with van der Waals surface area (Å²) in [5.74, 6) is 0. The van der Waals surface area contributed by atoms with Crippen LogP contribution in [0, 0.1) is 6.92 Å². The minimum absolute atomic E-state index is 0.805. The maximum atomic E-state index is 6.20. The van der Waals surface area contributed by atoms with Crippen molar-refractivity contribution in [2.45, 2.75) is 53.0 Å². The Bertz CT molecular complexity index is 356. The summed E-state index contributed by atoms with van der Waals surface area (Å²) in [5.41, 5.74) is 1.28. The summed E-state index contributed by atoms with van der Waals surface area (Å²) in [5, 5.41) is 1.28. The molecule has 0 N–H and O–H groups in total. The summed E-state index contributed by atoms with van der Waals surface area (Å²) >= 11 is 0. The zero-order chi connectivity index (χ0) is 14.1.